The summed E-state index contributed by atoms with van der Waals surface area (Å²) in [5, 5.41) is 7.42. The van der Waals surface area contributed by atoms with E-state index in [-0.39, 0.29) is 11.8 Å². The highest BCUT2D eigenvalue weighted by Gasteiger charge is 2.55. The monoisotopic (exact) mass is 407 g/mol. The van der Waals surface area contributed by atoms with E-state index >= 15 is 0 Å². The Balaban J connectivity index is 1.43. The maximum atomic E-state index is 12.8. The highest BCUT2D eigenvalue weighted by atomic mass is 32.1. The Morgan fingerprint density at radius 2 is 2.21 bits per heavy atom. The minimum absolute atomic E-state index is 0.0212. The van der Waals surface area contributed by atoms with Crippen molar-refractivity contribution in [2.75, 3.05) is 19.7 Å². The van der Waals surface area contributed by atoms with Crippen LogP contribution in [0.3, 0.4) is 0 Å². The topological polar surface area (TPSA) is 105 Å². The number of urea groups is 1. The fourth-order valence-corrected chi connectivity index (χ4v) is 4.50. The van der Waals surface area contributed by atoms with Gasteiger partial charge in [0.25, 0.3) is 11.8 Å². The van der Waals surface area contributed by atoms with Crippen LogP contribution in [0.15, 0.2) is 17.5 Å². The van der Waals surface area contributed by atoms with Crippen LogP contribution in [0.25, 0.3) is 0 Å². The van der Waals surface area contributed by atoms with Crippen LogP contribution in [0.2, 0.25) is 0 Å². The van der Waals surface area contributed by atoms with Crippen LogP contribution in [0.1, 0.15) is 37.5 Å². The highest BCUT2D eigenvalue weighted by Crippen LogP contribution is 2.38. The number of imide groups is 1. The Morgan fingerprint density at radius 1 is 1.39 bits per heavy atom. The van der Waals surface area contributed by atoms with E-state index in [0.717, 1.165) is 29.0 Å². The maximum Gasteiger partial charge on any atom is 0.326 e. The third kappa shape index (κ3) is 4.35. The molecule has 0 unspecified atom stereocenters. The van der Waals surface area contributed by atoms with Crippen LogP contribution in [-0.4, -0.2) is 54.0 Å². The first-order chi connectivity index (χ1) is 13.4. The molecule has 28 heavy (non-hydrogen) atoms. The highest BCUT2D eigenvalue weighted by molar-refractivity contribution is 7.09. The SMILES string of the molecule is C[C@H]1CCCC[C@]12NC(=O)N(CC(=O)OCC(=O)NCCc1cccs1)C2=O. The Hall–Kier alpha value is -2.42. The molecule has 2 atom stereocenters. The first-order valence-corrected chi connectivity index (χ1v) is 10.4. The Kier molecular flexibility index (Phi) is 6.33. The van der Waals surface area contributed by atoms with E-state index in [1.165, 1.54) is 0 Å². The van der Waals surface area contributed by atoms with Crippen molar-refractivity contribution in [3.8, 4) is 0 Å². The van der Waals surface area contributed by atoms with Gasteiger partial charge in [-0.1, -0.05) is 25.8 Å². The molecule has 1 aliphatic heterocycles. The van der Waals surface area contributed by atoms with Gasteiger partial charge in [0.1, 0.15) is 12.1 Å². The summed E-state index contributed by atoms with van der Waals surface area (Å²) in [4.78, 5) is 50.9. The quantitative estimate of drug-likeness (QED) is 0.526. The lowest BCUT2D eigenvalue weighted by molar-refractivity contribution is -0.151. The van der Waals surface area contributed by atoms with Crippen molar-refractivity contribution in [3.05, 3.63) is 22.4 Å². The number of hydrogen-bond acceptors (Lipinski definition) is 6. The maximum absolute atomic E-state index is 12.8. The van der Waals surface area contributed by atoms with Crippen LogP contribution in [0, 0.1) is 5.92 Å². The average Bonchev–Trinajstić information content (AvgIpc) is 3.26. The molecule has 152 valence electrons. The zero-order chi connectivity index (χ0) is 20.1. The van der Waals surface area contributed by atoms with Crippen LogP contribution >= 0.6 is 11.3 Å². The molecule has 3 rings (SSSR count). The summed E-state index contributed by atoms with van der Waals surface area (Å²) in [6.07, 6.45) is 4.03. The summed E-state index contributed by atoms with van der Waals surface area (Å²) in [7, 11) is 0. The van der Waals surface area contributed by atoms with E-state index in [0.29, 0.717) is 19.4 Å². The van der Waals surface area contributed by atoms with Crippen molar-refractivity contribution in [1.29, 1.82) is 0 Å². The number of ether oxygens (including phenoxy) is 1. The van der Waals surface area contributed by atoms with E-state index in [1.54, 1.807) is 11.3 Å². The number of carbonyl (C=O) groups is 4. The molecule has 1 aliphatic carbocycles. The van der Waals surface area contributed by atoms with Crippen LogP contribution in [0.4, 0.5) is 4.79 Å². The lowest BCUT2D eigenvalue weighted by Crippen LogP contribution is -2.54. The van der Waals surface area contributed by atoms with Gasteiger partial charge in [0.05, 0.1) is 0 Å². The summed E-state index contributed by atoms with van der Waals surface area (Å²) < 4.78 is 4.93. The molecule has 4 amide bonds. The minimum Gasteiger partial charge on any atom is -0.454 e. The van der Waals surface area contributed by atoms with Crippen LogP contribution in [-0.2, 0) is 25.5 Å². The van der Waals surface area contributed by atoms with Crippen LogP contribution in [0.5, 0.6) is 0 Å². The molecule has 2 fully saturated rings. The number of rotatable bonds is 7. The average molecular weight is 407 g/mol. The van der Waals surface area contributed by atoms with E-state index in [4.69, 9.17) is 4.74 Å². The lowest BCUT2D eigenvalue weighted by atomic mass is 9.73. The molecule has 1 spiro atoms. The summed E-state index contributed by atoms with van der Waals surface area (Å²) in [5.74, 6) is -1.55. The Bertz CT molecular complexity index is 751. The van der Waals surface area contributed by atoms with E-state index < -0.39 is 36.6 Å². The molecular formula is C19H25N3O5S. The Labute approximate surface area is 167 Å². The fraction of sp³-hybridized carbons (Fsp3) is 0.579. The molecule has 0 bridgehead atoms. The minimum atomic E-state index is -0.908. The van der Waals surface area contributed by atoms with Crippen molar-refractivity contribution in [2.45, 2.75) is 44.6 Å². The molecule has 8 nitrogen and oxygen atoms in total. The zero-order valence-electron chi connectivity index (χ0n) is 15.9. The number of carbonyl (C=O) groups excluding carboxylic acids is 4. The number of nitrogens with zero attached hydrogens (tertiary/aromatic N) is 1. The fourth-order valence-electron chi connectivity index (χ4n) is 3.79. The summed E-state index contributed by atoms with van der Waals surface area (Å²) in [6.45, 7) is 1.47. The molecule has 2 aliphatic rings. The summed E-state index contributed by atoms with van der Waals surface area (Å²) in [5.41, 5.74) is -0.908. The number of nitrogens with one attached hydrogen (secondary N) is 2. The first kappa shape index (κ1) is 20.3. The largest absolute Gasteiger partial charge is 0.454 e. The normalized spacial score (nSPS) is 24.3. The molecule has 1 saturated heterocycles. The number of esters is 1. The Morgan fingerprint density at radius 3 is 2.93 bits per heavy atom. The second kappa shape index (κ2) is 8.72. The van der Waals surface area contributed by atoms with Gasteiger partial charge in [-0.05, 0) is 36.6 Å². The second-order valence-corrected chi connectivity index (χ2v) is 8.31. The van der Waals surface area contributed by atoms with Gasteiger partial charge in [-0.2, -0.15) is 0 Å². The van der Waals surface area contributed by atoms with Gasteiger partial charge in [0, 0.05) is 11.4 Å². The standard InChI is InChI=1S/C19H25N3O5S/c1-13-5-2-3-8-19(13)17(25)22(18(26)21-19)11-16(24)27-12-15(23)20-9-7-14-6-4-10-28-14/h4,6,10,13H,2-3,5,7-9,11-12H2,1H3,(H,20,23)(H,21,26)/t13-,19-/m0/s1. The first-order valence-electron chi connectivity index (χ1n) is 9.51. The molecule has 2 N–H and O–H groups in total. The van der Waals surface area contributed by atoms with Gasteiger partial charge >= 0.3 is 12.0 Å². The molecule has 2 heterocycles. The molecular weight excluding hydrogens is 382 g/mol. The van der Waals surface area contributed by atoms with Crippen molar-refractivity contribution in [3.63, 3.8) is 0 Å². The van der Waals surface area contributed by atoms with Gasteiger partial charge in [-0.25, -0.2) is 4.79 Å². The predicted molar refractivity (Wildman–Crippen MR) is 103 cm³/mol. The van der Waals surface area contributed by atoms with Gasteiger partial charge in [0.2, 0.25) is 0 Å². The molecule has 0 aromatic carbocycles. The van der Waals surface area contributed by atoms with Gasteiger partial charge in [-0.15, -0.1) is 11.3 Å². The van der Waals surface area contributed by atoms with Crippen LogP contribution < -0.4 is 10.6 Å². The van der Waals surface area contributed by atoms with Crippen molar-refractivity contribution >= 4 is 35.2 Å². The van der Waals surface area contributed by atoms with Crippen molar-refractivity contribution in [2.24, 2.45) is 5.92 Å². The van der Waals surface area contributed by atoms with E-state index in [1.807, 2.05) is 24.4 Å². The summed E-state index contributed by atoms with van der Waals surface area (Å²) >= 11 is 1.61. The predicted octanol–water partition coefficient (Wildman–Crippen LogP) is 1.45. The molecule has 9 heteroatoms. The molecule has 0 radical (unpaired) electrons. The lowest BCUT2D eigenvalue weighted by Gasteiger charge is -2.36. The van der Waals surface area contributed by atoms with Gasteiger partial charge in [-0.3, -0.25) is 19.3 Å². The van der Waals surface area contributed by atoms with E-state index in [2.05, 4.69) is 10.6 Å². The third-order valence-corrected chi connectivity index (χ3v) is 6.36. The number of thiophene rings is 1. The molecule has 1 saturated carbocycles. The van der Waals surface area contributed by atoms with Crippen molar-refractivity contribution < 1.29 is 23.9 Å². The van der Waals surface area contributed by atoms with E-state index in [9.17, 15) is 19.2 Å². The van der Waals surface area contributed by atoms with Gasteiger partial charge < -0.3 is 15.4 Å². The molecule has 1 aromatic heterocycles. The number of hydrogen-bond donors (Lipinski definition) is 2. The smallest absolute Gasteiger partial charge is 0.326 e. The summed E-state index contributed by atoms with van der Waals surface area (Å²) in [6, 6.07) is 3.35. The zero-order valence-corrected chi connectivity index (χ0v) is 16.7. The number of amides is 4. The second-order valence-electron chi connectivity index (χ2n) is 7.28. The van der Waals surface area contributed by atoms with Gasteiger partial charge in [0.15, 0.2) is 6.61 Å². The molecule has 1 aromatic rings. The third-order valence-electron chi connectivity index (χ3n) is 5.43. The van der Waals surface area contributed by atoms with Crippen molar-refractivity contribution in [1.82, 2.24) is 15.5 Å².